The molecule has 1 saturated carbocycles. The van der Waals surface area contributed by atoms with Gasteiger partial charge in [-0.2, -0.15) is 0 Å². The van der Waals surface area contributed by atoms with E-state index in [1.54, 1.807) is 0 Å². The molecule has 3 heterocycles. The number of nitrogens with zero attached hydrogens (tertiary/aromatic N) is 2. The zero-order chi connectivity index (χ0) is 24.3. The average Bonchev–Trinajstić information content (AvgIpc) is 3.61. The molecule has 2 aromatic carbocycles. The summed E-state index contributed by atoms with van der Waals surface area (Å²) in [6.07, 6.45) is 4.87. The number of hydrogen-bond donors (Lipinski definition) is 0. The van der Waals surface area contributed by atoms with Crippen molar-refractivity contribution in [1.82, 2.24) is 9.97 Å². The summed E-state index contributed by atoms with van der Waals surface area (Å²) in [6.45, 7) is 4.53. The molecule has 2 unspecified atom stereocenters. The van der Waals surface area contributed by atoms with Crippen LogP contribution >= 0.6 is 0 Å². The van der Waals surface area contributed by atoms with Crippen molar-refractivity contribution in [2.75, 3.05) is 6.61 Å². The van der Waals surface area contributed by atoms with Gasteiger partial charge in [0.2, 0.25) is 0 Å². The van der Waals surface area contributed by atoms with Gasteiger partial charge in [0.05, 0.1) is 12.1 Å². The quantitative estimate of drug-likeness (QED) is 0.286. The summed E-state index contributed by atoms with van der Waals surface area (Å²) >= 11 is 0. The number of halogens is 3. The first-order chi connectivity index (χ1) is 16.9. The van der Waals surface area contributed by atoms with Crippen LogP contribution in [0.3, 0.4) is 0 Å². The minimum Gasteiger partial charge on any atom is -0.490 e. The van der Waals surface area contributed by atoms with Gasteiger partial charge < -0.3 is 4.74 Å². The third-order valence-electron chi connectivity index (χ3n) is 7.20. The Morgan fingerprint density at radius 3 is 2.60 bits per heavy atom. The second kappa shape index (κ2) is 8.36. The third kappa shape index (κ3) is 4.05. The van der Waals surface area contributed by atoms with Crippen LogP contribution in [0.25, 0.3) is 22.2 Å². The molecule has 0 saturated heterocycles. The summed E-state index contributed by atoms with van der Waals surface area (Å²) in [5.74, 6) is -1.99. The van der Waals surface area contributed by atoms with Crippen LogP contribution in [0.4, 0.5) is 13.2 Å². The van der Waals surface area contributed by atoms with E-state index in [9.17, 15) is 13.2 Å². The highest BCUT2D eigenvalue weighted by Gasteiger charge is 2.36. The Hall–Kier alpha value is -3.41. The van der Waals surface area contributed by atoms with Crippen LogP contribution in [0.15, 0.2) is 48.7 Å². The molecule has 1 aliphatic heterocycles. The number of ether oxygens (including phenoxy) is 1. The summed E-state index contributed by atoms with van der Waals surface area (Å²) in [6, 6.07) is 12.0. The lowest BCUT2D eigenvalue weighted by Crippen LogP contribution is -2.10. The average molecular weight is 475 g/mol. The van der Waals surface area contributed by atoms with Gasteiger partial charge in [-0.15, -0.1) is 0 Å². The molecule has 2 aromatic heterocycles. The van der Waals surface area contributed by atoms with Crippen molar-refractivity contribution in [3.8, 4) is 17.0 Å². The standard InChI is InChI=1S/C29H25F3N2O/c1-15-7-19-8-17(3-6-26(19)33-13-15)9-21(18-4-5-18)27-11-20-16(2)14-35-29(20)28(34-27)22-10-24(31)25(32)12-23(22)30/h3,6-8,10-13,16,18,21H,4-5,9,14H2,1-2H3. The van der Waals surface area contributed by atoms with Gasteiger partial charge in [0.1, 0.15) is 17.3 Å². The topological polar surface area (TPSA) is 35.0 Å². The van der Waals surface area contributed by atoms with Crippen LogP contribution in [0, 0.1) is 30.3 Å². The first kappa shape index (κ1) is 22.1. The Morgan fingerprint density at radius 1 is 1.00 bits per heavy atom. The van der Waals surface area contributed by atoms with Crippen LogP contribution in [-0.2, 0) is 6.42 Å². The molecule has 0 N–H and O–H groups in total. The highest BCUT2D eigenvalue weighted by atomic mass is 19.2. The van der Waals surface area contributed by atoms with Crippen molar-refractivity contribution in [2.45, 2.75) is 44.9 Å². The van der Waals surface area contributed by atoms with E-state index in [2.05, 4.69) is 29.2 Å². The normalized spacial score (nSPS) is 17.9. The van der Waals surface area contributed by atoms with Crippen molar-refractivity contribution < 1.29 is 17.9 Å². The number of aryl methyl sites for hydroxylation is 1. The zero-order valence-corrected chi connectivity index (χ0v) is 19.6. The summed E-state index contributed by atoms with van der Waals surface area (Å²) in [7, 11) is 0. The molecular formula is C29H25F3N2O. The van der Waals surface area contributed by atoms with E-state index in [-0.39, 0.29) is 23.1 Å². The number of hydrogen-bond acceptors (Lipinski definition) is 3. The van der Waals surface area contributed by atoms with E-state index in [4.69, 9.17) is 9.72 Å². The van der Waals surface area contributed by atoms with Crippen LogP contribution < -0.4 is 4.74 Å². The summed E-state index contributed by atoms with van der Waals surface area (Å²) in [4.78, 5) is 9.35. The lowest BCUT2D eigenvalue weighted by molar-refractivity contribution is 0.337. The van der Waals surface area contributed by atoms with E-state index in [1.807, 2.05) is 26.1 Å². The molecule has 0 amide bonds. The lowest BCUT2D eigenvalue weighted by Gasteiger charge is -2.20. The Morgan fingerprint density at radius 2 is 1.80 bits per heavy atom. The molecule has 3 nitrogen and oxygen atoms in total. The molecule has 2 aliphatic rings. The van der Waals surface area contributed by atoms with Gasteiger partial charge in [-0.1, -0.05) is 13.0 Å². The number of benzene rings is 2. The van der Waals surface area contributed by atoms with Crippen LogP contribution in [0.5, 0.6) is 5.75 Å². The lowest BCUT2D eigenvalue weighted by atomic mass is 9.88. The van der Waals surface area contributed by atoms with Gasteiger partial charge in [-0.3, -0.25) is 4.98 Å². The largest absolute Gasteiger partial charge is 0.490 e. The number of pyridine rings is 2. The van der Waals surface area contributed by atoms with Gasteiger partial charge in [-0.25, -0.2) is 18.2 Å². The summed E-state index contributed by atoms with van der Waals surface area (Å²) in [5, 5.41) is 1.10. The Kier molecular flexibility index (Phi) is 5.28. The molecule has 0 bridgehead atoms. The number of rotatable bonds is 5. The Balaban J connectivity index is 1.45. The fourth-order valence-electron chi connectivity index (χ4n) is 5.15. The van der Waals surface area contributed by atoms with Crippen molar-refractivity contribution in [3.05, 3.63) is 88.5 Å². The van der Waals surface area contributed by atoms with Gasteiger partial charge in [0, 0.05) is 46.3 Å². The van der Waals surface area contributed by atoms with Gasteiger partial charge in [0.15, 0.2) is 11.6 Å². The SMILES string of the molecule is Cc1cnc2ccc(CC(c3cc4c(c(-c5cc(F)c(F)cc5F)n3)OCC4C)C3CC3)cc2c1. The summed E-state index contributed by atoms with van der Waals surface area (Å²) in [5.41, 5.74) is 5.23. The van der Waals surface area contributed by atoms with Gasteiger partial charge in [0.25, 0.3) is 0 Å². The van der Waals surface area contributed by atoms with E-state index in [0.29, 0.717) is 24.3 Å². The first-order valence-electron chi connectivity index (χ1n) is 12.0. The molecule has 0 spiro atoms. The van der Waals surface area contributed by atoms with Crippen molar-refractivity contribution in [3.63, 3.8) is 0 Å². The van der Waals surface area contributed by atoms with E-state index >= 15 is 0 Å². The van der Waals surface area contributed by atoms with E-state index < -0.39 is 17.5 Å². The third-order valence-corrected chi connectivity index (χ3v) is 7.20. The molecule has 6 rings (SSSR count). The maximum absolute atomic E-state index is 14.8. The fourth-order valence-corrected chi connectivity index (χ4v) is 5.15. The van der Waals surface area contributed by atoms with Crippen molar-refractivity contribution >= 4 is 10.9 Å². The van der Waals surface area contributed by atoms with Crippen LogP contribution in [0.2, 0.25) is 0 Å². The molecule has 4 aromatic rings. The first-order valence-corrected chi connectivity index (χ1v) is 12.0. The molecule has 178 valence electrons. The highest BCUT2D eigenvalue weighted by Crippen LogP contribution is 2.48. The molecule has 1 aliphatic carbocycles. The van der Waals surface area contributed by atoms with Gasteiger partial charge >= 0.3 is 0 Å². The maximum Gasteiger partial charge on any atom is 0.161 e. The molecular weight excluding hydrogens is 449 g/mol. The monoisotopic (exact) mass is 474 g/mol. The molecule has 0 radical (unpaired) electrons. The molecule has 2 atom stereocenters. The smallest absolute Gasteiger partial charge is 0.161 e. The molecule has 1 fully saturated rings. The minimum absolute atomic E-state index is 0.0714. The second-order valence-corrected chi connectivity index (χ2v) is 9.96. The molecule has 35 heavy (non-hydrogen) atoms. The number of aromatic nitrogens is 2. The Labute approximate surface area is 202 Å². The highest BCUT2D eigenvalue weighted by molar-refractivity contribution is 5.79. The van der Waals surface area contributed by atoms with E-state index in [1.165, 1.54) is 5.56 Å². The van der Waals surface area contributed by atoms with E-state index in [0.717, 1.165) is 53.1 Å². The van der Waals surface area contributed by atoms with Gasteiger partial charge in [-0.05, 0) is 73.6 Å². The zero-order valence-electron chi connectivity index (χ0n) is 19.6. The van der Waals surface area contributed by atoms with Crippen LogP contribution in [-0.4, -0.2) is 16.6 Å². The summed E-state index contributed by atoms with van der Waals surface area (Å²) < 4.78 is 48.4. The van der Waals surface area contributed by atoms with Crippen molar-refractivity contribution in [2.24, 2.45) is 5.92 Å². The predicted molar refractivity (Wildman–Crippen MR) is 129 cm³/mol. The fraction of sp³-hybridized carbons (Fsp3) is 0.310. The molecule has 6 heteroatoms. The predicted octanol–water partition coefficient (Wildman–Crippen LogP) is 7.25. The minimum atomic E-state index is -1.22. The second-order valence-electron chi connectivity index (χ2n) is 9.96. The Bertz CT molecular complexity index is 1460. The number of fused-ring (bicyclic) bond motifs is 2. The van der Waals surface area contributed by atoms with Crippen molar-refractivity contribution in [1.29, 1.82) is 0 Å². The van der Waals surface area contributed by atoms with Crippen LogP contribution in [0.1, 0.15) is 54.0 Å². The maximum atomic E-state index is 14.8.